The second-order valence-electron chi connectivity index (χ2n) is 3.95. The van der Waals surface area contributed by atoms with Crippen molar-refractivity contribution in [1.29, 1.82) is 0 Å². The predicted octanol–water partition coefficient (Wildman–Crippen LogP) is 1.61. The van der Waals surface area contributed by atoms with Gasteiger partial charge in [-0.15, -0.1) is 0 Å². The van der Waals surface area contributed by atoms with Gasteiger partial charge in [-0.2, -0.15) is 0 Å². The van der Waals surface area contributed by atoms with Gasteiger partial charge < -0.3 is 19.9 Å². The Morgan fingerprint density at radius 1 is 1.30 bits per heavy atom. The number of amides is 1. The molecule has 0 saturated carbocycles. The Balaban J connectivity index is 2.05. The SMILES string of the molecule is O=C(O)/C=C/c1cccc(NC(=O)C2=COCCO2)c1. The third-order valence-electron chi connectivity index (χ3n) is 2.44. The van der Waals surface area contributed by atoms with E-state index in [4.69, 9.17) is 14.6 Å². The number of anilines is 1. The van der Waals surface area contributed by atoms with E-state index in [0.717, 1.165) is 6.08 Å². The molecule has 0 radical (unpaired) electrons. The van der Waals surface area contributed by atoms with Crippen molar-refractivity contribution in [3.05, 3.63) is 47.9 Å². The highest BCUT2D eigenvalue weighted by Gasteiger charge is 2.14. The minimum Gasteiger partial charge on any atom is -0.494 e. The van der Waals surface area contributed by atoms with E-state index < -0.39 is 11.9 Å². The first-order chi connectivity index (χ1) is 9.65. The molecule has 6 nitrogen and oxygen atoms in total. The van der Waals surface area contributed by atoms with Crippen molar-refractivity contribution in [1.82, 2.24) is 0 Å². The molecule has 6 heteroatoms. The Morgan fingerprint density at radius 2 is 2.15 bits per heavy atom. The first-order valence-corrected chi connectivity index (χ1v) is 5.92. The number of hydrogen-bond acceptors (Lipinski definition) is 4. The third kappa shape index (κ3) is 3.88. The van der Waals surface area contributed by atoms with Gasteiger partial charge in [-0.3, -0.25) is 4.79 Å². The van der Waals surface area contributed by atoms with E-state index in [0.29, 0.717) is 24.5 Å². The van der Waals surface area contributed by atoms with Crippen molar-refractivity contribution in [3.63, 3.8) is 0 Å². The summed E-state index contributed by atoms with van der Waals surface area (Å²) in [7, 11) is 0. The standard InChI is InChI=1S/C14H13NO5/c16-13(17)5-4-10-2-1-3-11(8-10)15-14(18)12-9-19-6-7-20-12/h1-5,8-9H,6-7H2,(H,15,18)(H,16,17)/b5-4+. The van der Waals surface area contributed by atoms with E-state index in [1.165, 1.54) is 12.3 Å². The second-order valence-corrected chi connectivity index (χ2v) is 3.95. The van der Waals surface area contributed by atoms with Crippen LogP contribution in [0.4, 0.5) is 5.69 Å². The highest BCUT2D eigenvalue weighted by atomic mass is 16.6. The fraction of sp³-hybridized carbons (Fsp3) is 0.143. The van der Waals surface area contributed by atoms with E-state index in [1.54, 1.807) is 24.3 Å². The van der Waals surface area contributed by atoms with Crippen LogP contribution in [0, 0.1) is 0 Å². The number of carboxylic acid groups (broad SMARTS) is 1. The van der Waals surface area contributed by atoms with E-state index in [9.17, 15) is 9.59 Å². The van der Waals surface area contributed by atoms with Gasteiger partial charge in [0.05, 0.1) is 0 Å². The highest BCUT2D eigenvalue weighted by molar-refractivity contribution is 6.02. The lowest BCUT2D eigenvalue weighted by molar-refractivity contribution is -0.131. The number of carbonyl (C=O) groups excluding carboxylic acids is 1. The number of hydrogen-bond donors (Lipinski definition) is 2. The molecular weight excluding hydrogens is 262 g/mol. The first-order valence-electron chi connectivity index (χ1n) is 5.92. The summed E-state index contributed by atoms with van der Waals surface area (Å²) in [6.07, 6.45) is 3.74. The van der Waals surface area contributed by atoms with E-state index in [1.807, 2.05) is 0 Å². The summed E-state index contributed by atoms with van der Waals surface area (Å²) in [6, 6.07) is 6.79. The smallest absolute Gasteiger partial charge is 0.328 e. The van der Waals surface area contributed by atoms with Crippen LogP contribution in [0.25, 0.3) is 6.08 Å². The van der Waals surface area contributed by atoms with Crippen LogP contribution in [0.2, 0.25) is 0 Å². The molecule has 20 heavy (non-hydrogen) atoms. The summed E-state index contributed by atoms with van der Waals surface area (Å²) in [5.74, 6) is -1.33. The number of ether oxygens (including phenoxy) is 2. The van der Waals surface area contributed by atoms with Crippen molar-refractivity contribution >= 4 is 23.6 Å². The van der Waals surface area contributed by atoms with E-state index in [2.05, 4.69) is 5.32 Å². The minimum absolute atomic E-state index is 0.114. The Kier molecular flexibility index (Phi) is 4.39. The molecule has 1 aromatic carbocycles. The fourth-order valence-corrected chi connectivity index (χ4v) is 1.57. The maximum atomic E-state index is 11.8. The van der Waals surface area contributed by atoms with Gasteiger partial charge in [0.25, 0.3) is 5.91 Å². The zero-order chi connectivity index (χ0) is 14.4. The molecule has 2 N–H and O–H groups in total. The van der Waals surface area contributed by atoms with Gasteiger partial charge >= 0.3 is 5.97 Å². The maximum Gasteiger partial charge on any atom is 0.328 e. The number of carbonyl (C=O) groups is 2. The van der Waals surface area contributed by atoms with Gasteiger partial charge in [-0.1, -0.05) is 12.1 Å². The zero-order valence-corrected chi connectivity index (χ0v) is 10.5. The Hall–Kier alpha value is -2.76. The molecule has 0 saturated heterocycles. The Morgan fingerprint density at radius 3 is 2.85 bits per heavy atom. The summed E-state index contributed by atoms with van der Waals surface area (Å²) < 4.78 is 10.2. The fourth-order valence-electron chi connectivity index (χ4n) is 1.57. The molecule has 1 amide bonds. The van der Waals surface area contributed by atoms with Gasteiger partial charge in [0.1, 0.15) is 19.5 Å². The summed E-state index contributed by atoms with van der Waals surface area (Å²) in [5.41, 5.74) is 1.21. The second kappa shape index (κ2) is 6.42. The van der Waals surface area contributed by atoms with Crippen molar-refractivity contribution in [3.8, 4) is 0 Å². The molecule has 0 bridgehead atoms. The molecule has 0 aliphatic carbocycles. The van der Waals surface area contributed by atoms with E-state index >= 15 is 0 Å². The summed E-state index contributed by atoms with van der Waals surface area (Å²) >= 11 is 0. The summed E-state index contributed by atoms with van der Waals surface area (Å²) in [5, 5.41) is 11.2. The van der Waals surface area contributed by atoms with Crippen LogP contribution in [-0.2, 0) is 19.1 Å². The number of carboxylic acids is 1. The Bertz CT molecular complexity index is 577. The van der Waals surface area contributed by atoms with Gasteiger partial charge in [0, 0.05) is 11.8 Å². The third-order valence-corrected chi connectivity index (χ3v) is 2.44. The number of benzene rings is 1. The van der Waals surface area contributed by atoms with Crippen molar-refractivity contribution in [2.24, 2.45) is 0 Å². The molecule has 0 atom stereocenters. The van der Waals surface area contributed by atoms with Crippen LogP contribution in [0.5, 0.6) is 0 Å². The topological polar surface area (TPSA) is 84.9 Å². The average Bonchev–Trinajstić information content (AvgIpc) is 2.46. The van der Waals surface area contributed by atoms with Gasteiger partial charge in [0.15, 0.2) is 0 Å². The minimum atomic E-state index is -1.03. The molecule has 1 heterocycles. The van der Waals surface area contributed by atoms with Gasteiger partial charge in [-0.25, -0.2) is 4.79 Å². The highest BCUT2D eigenvalue weighted by Crippen LogP contribution is 2.14. The quantitative estimate of drug-likeness (QED) is 0.815. The van der Waals surface area contributed by atoms with Crippen LogP contribution in [0.3, 0.4) is 0 Å². The van der Waals surface area contributed by atoms with E-state index in [-0.39, 0.29) is 5.76 Å². The Labute approximate surface area is 115 Å². The number of aliphatic carboxylic acids is 1. The number of rotatable bonds is 4. The lowest BCUT2D eigenvalue weighted by Crippen LogP contribution is -2.21. The summed E-state index contributed by atoms with van der Waals surface area (Å²) in [4.78, 5) is 22.3. The lowest BCUT2D eigenvalue weighted by Gasteiger charge is -2.15. The van der Waals surface area contributed by atoms with Gasteiger partial charge in [0.2, 0.25) is 5.76 Å². The predicted molar refractivity (Wildman–Crippen MR) is 71.7 cm³/mol. The average molecular weight is 275 g/mol. The van der Waals surface area contributed by atoms with Crippen LogP contribution in [0.15, 0.2) is 42.4 Å². The zero-order valence-electron chi connectivity index (χ0n) is 10.5. The van der Waals surface area contributed by atoms with Crippen LogP contribution >= 0.6 is 0 Å². The molecule has 1 aromatic rings. The van der Waals surface area contributed by atoms with Crippen LogP contribution < -0.4 is 5.32 Å². The molecule has 104 valence electrons. The lowest BCUT2D eigenvalue weighted by atomic mass is 10.2. The van der Waals surface area contributed by atoms with Crippen molar-refractivity contribution in [2.45, 2.75) is 0 Å². The molecule has 1 aliphatic heterocycles. The monoisotopic (exact) mass is 275 g/mol. The summed E-state index contributed by atoms with van der Waals surface area (Å²) in [6.45, 7) is 0.757. The maximum absolute atomic E-state index is 11.8. The molecule has 1 aliphatic rings. The normalized spacial score (nSPS) is 14.1. The first kappa shape index (κ1) is 13.7. The molecule has 0 fully saturated rings. The van der Waals surface area contributed by atoms with Gasteiger partial charge in [-0.05, 0) is 23.8 Å². The molecular formula is C14H13NO5. The molecule has 2 rings (SSSR count). The van der Waals surface area contributed by atoms with Crippen LogP contribution in [-0.4, -0.2) is 30.2 Å². The van der Waals surface area contributed by atoms with Crippen molar-refractivity contribution < 1.29 is 24.2 Å². The molecule has 0 unspecified atom stereocenters. The molecule has 0 spiro atoms. The van der Waals surface area contributed by atoms with Crippen LogP contribution in [0.1, 0.15) is 5.56 Å². The number of nitrogens with one attached hydrogen (secondary N) is 1. The van der Waals surface area contributed by atoms with Crippen molar-refractivity contribution in [2.75, 3.05) is 18.5 Å². The largest absolute Gasteiger partial charge is 0.494 e. The molecule has 0 aromatic heterocycles.